The zero-order chi connectivity index (χ0) is 15.0. The second-order valence-electron chi connectivity index (χ2n) is 4.77. The van der Waals surface area contributed by atoms with Crippen LogP contribution in [0, 0.1) is 0 Å². The molecular weight excluding hydrogens is 288 g/mol. The van der Waals surface area contributed by atoms with Crippen LogP contribution in [0.15, 0.2) is 29.9 Å². The zero-order valence-corrected chi connectivity index (χ0v) is 12.5. The largest absolute Gasteiger partial charge is 0.478 e. The summed E-state index contributed by atoms with van der Waals surface area (Å²) in [5, 5.41) is 16.3. The molecule has 0 saturated heterocycles. The van der Waals surface area contributed by atoms with E-state index in [4.69, 9.17) is 0 Å². The van der Waals surface area contributed by atoms with Crippen LogP contribution < -0.4 is 4.90 Å². The molecular formula is C14H14N4O2S. The van der Waals surface area contributed by atoms with E-state index in [0.29, 0.717) is 17.9 Å². The number of pyridine rings is 1. The van der Waals surface area contributed by atoms with Crippen LogP contribution >= 0.6 is 11.3 Å². The molecule has 7 heteroatoms. The molecule has 3 aromatic heterocycles. The summed E-state index contributed by atoms with van der Waals surface area (Å²) in [4.78, 5) is 18.8. The van der Waals surface area contributed by atoms with Crippen LogP contribution in [0.1, 0.15) is 15.2 Å². The summed E-state index contributed by atoms with van der Waals surface area (Å²) in [6, 6.07) is 4.02. The molecule has 0 radical (unpaired) electrons. The molecule has 3 heterocycles. The second kappa shape index (κ2) is 5.17. The van der Waals surface area contributed by atoms with E-state index >= 15 is 0 Å². The van der Waals surface area contributed by atoms with Crippen LogP contribution in [-0.4, -0.2) is 32.9 Å². The van der Waals surface area contributed by atoms with Crippen molar-refractivity contribution in [3.63, 3.8) is 0 Å². The minimum absolute atomic E-state index is 0.189. The van der Waals surface area contributed by atoms with Gasteiger partial charge in [0.2, 0.25) is 0 Å². The monoisotopic (exact) mass is 302 g/mol. The first-order chi connectivity index (χ1) is 10.1. The molecule has 21 heavy (non-hydrogen) atoms. The van der Waals surface area contributed by atoms with Crippen molar-refractivity contribution < 1.29 is 9.90 Å². The first kappa shape index (κ1) is 13.6. The second-order valence-corrected chi connectivity index (χ2v) is 5.80. The van der Waals surface area contributed by atoms with Gasteiger partial charge in [-0.3, -0.25) is 4.68 Å². The maximum Gasteiger partial charge on any atom is 0.339 e. The van der Waals surface area contributed by atoms with E-state index in [2.05, 4.69) is 10.1 Å². The molecule has 108 valence electrons. The number of carboxylic acids is 1. The highest BCUT2D eigenvalue weighted by atomic mass is 32.1. The number of fused-ring (bicyclic) bond motifs is 1. The zero-order valence-electron chi connectivity index (χ0n) is 11.6. The van der Waals surface area contributed by atoms with Crippen molar-refractivity contribution in [2.24, 2.45) is 7.05 Å². The Kier molecular flexibility index (Phi) is 3.34. The molecule has 0 aliphatic carbocycles. The summed E-state index contributed by atoms with van der Waals surface area (Å²) >= 11 is 1.65. The highest BCUT2D eigenvalue weighted by molar-refractivity contribution is 7.09. The van der Waals surface area contributed by atoms with Crippen LogP contribution in [0.2, 0.25) is 0 Å². The Labute approximate surface area is 125 Å². The van der Waals surface area contributed by atoms with Gasteiger partial charge in [0.05, 0.1) is 23.8 Å². The molecule has 6 nitrogen and oxygen atoms in total. The van der Waals surface area contributed by atoms with Crippen LogP contribution in [0.5, 0.6) is 0 Å². The number of aromatic nitrogens is 3. The number of rotatable bonds is 4. The molecule has 3 rings (SSSR count). The molecule has 3 aromatic rings. The van der Waals surface area contributed by atoms with Gasteiger partial charge >= 0.3 is 5.97 Å². The van der Waals surface area contributed by atoms with Crippen LogP contribution in [-0.2, 0) is 13.6 Å². The van der Waals surface area contributed by atoms with Gasteiger partial charge in [0.25, 0.3) is 0 Å². The molecule has 0 bridgehead atoms. The van der Waals surface area contributed by atoms with E-state index < -0.39 is 5.97 Å². The molecule has 0 spiro atoms. The molecule has 0 unspecified atom stereocenters. The fraction of sp³-hybridized carbons (Fsp3) is 0.214. The van der Waals surface area contributed by atoms with Gasteiger partial charge in [-0.05, 0) is 11.4 Å². The number of anilines is 1. The average molecular weight is 302 g/mol. The molecule has 0 saturated carbocycles. The fourth-order valence-corrected chi connectivity index (χ4v) is 3.12. The number of hydrogen-bond acceptors (Lipinski definition) is 5. The van der Waals surface area contributed by atoms with Crippen molar-refractivity contribution >= 4 is 34.0 Å². The topological polar surface area (TPSA) is 71.2 Å². The summed E-state index contributed by atoms with van der Waals surface area (Å²) in [6.07, 6.45) is 3.06. The number of aromatic carboxylic acids is 1. The number of hydrogen-bond donors (Lipinski definition) is 1. The molecule has 0 aliphatic heterocycles. The Morgan fingerprint density at radius 1 is 1.48 bits per heavy atom. The molecule has 0 fully saturated rings. The lowest BCUT2D eigenvalue weighted by molar-refractivity contribution is 0.0697. The van der Waals surface area contributed by atoms with Crippen molar-refractivity contribution in [1.29, 1.82) is 0 Å². The van der Waals surface area contributed by atoms with E-state index in [0.717, 1.165) is 5.39 Å². The third-order valence-corrected chi connectivity index (χ3v) is 4.18. The number of carboxylic acid groups (broad SMARTS) is 1. The highest BCUT2D eigenvalue weighted by Crippen LogP contribution is 2.30. The highest BCUT2D eigenvalue weighted by Gasteiger charge is 2.20. The Morgan fingerprint density at radius 3 is 2.95 bits per heavy atom. The summed E-state index contributed by atoms with van der Waals surface area (Å²) in [7, 11) is 3.67. The molecule has 0 amide bonds. The quantitative estimate of drug-likeness (QED) is 0.801. The normalized spacial score (nSPS) is 11.0. The Hall–Kier alpha value is -2.41. The van der Waals surface area contributed by atoms with Crippen molar-refractivity contribution in [2.45, 2.75) is 6.54 Å². The van der Waals surface area contributed by atoms with Crippen molar-refractivity contribution in [1.82, 2.24) is 14.8 Å². The van der Waals surface area contributed by atoms with Crippen LogP contribution in [0.3, 0.4) is 0 Å². The van der Waals surface area contributed by atoms with Crippen molar-refractivity contribution in [2.75, 3.05) is 11.9 Å². The number of carbonyl (C=O) groups is 1. The fourth-order valence-electron chi connectivity index (χ4n) is 2.37. The molecule has 0 aliphatic rings. The van der Waals surface area contributed by atoms with E-state index in [9.17, 15) is 9.90 Å². The predicted octanol–water partition coefficient (Wildman–Crippen LogP) is 2.36. The predicted molar refractivity (Wildman–Crippen MR) is 81.9 cm³/mol. The summed E-state index contributed by atoms with van der Waals surface area (Å²) in [6.45, 7) is 0.645. The van der Waals surface area contributed by atoms with Crippen LogP contribution in [0.25, 0.3) is 11.0 Å². The van der Waals surface area contributed by atoms with Gasteiger partial charge in [0, 0.05) is 25.2 Å². The van der Waals surface area contributed by atoms with E-state index in [1.807, 2.05) is 29.5 Å². The van der Waals surface area contributed by atoms with Gasteiger partial charge in [0.1, 0.15) is 5.56 Å². The van der Waals surface area contributed by atoms with Gasteiger partial charge < -0.3 is 10.0 Å². The van der Waals surface area contributed by atoms with Gasteiger partial charge in [-0.1, -0.05) is 6.07 Å². The van der Waals surface area contributed by atoms with Gasteiger partial charge in [0.15, 0.2) is 5.65 Å². The van der Waals surface area contributed by atoms with Gasteiger partial charge in [-0.2, -0.15) is 5.10 Å². The third-order valence-electron chi connectivity index (χ3n) is 3.32. The molecule has 0 aromatic carbocycles. The van der Waals surface area contributed by atoms with Crippen molar-refractivity contribution in [3.05, 3.63) is 40.3 Å². The Bertz CT molecular complexity index is 795. The van der Waals surface area contributed by atoms with Crippen molar-refractivity contribution in [3.8, 4) is 0 Å². The van der Waals surface area contributed by atoms with E-state index in [1.54, 1.807) is 29.3 Å². The van der Waals surface area contributed by atoms with E-state index in [1.165, 1.54) is 11.1 Å². The first-order valence-electron chi connectivity index (χ1n) is 6.35. The third kappa shape index (κ3) is 2.36. The lowest BCUT2D eigenvalue weighted by atomic mass is 10.1. The summed E-state index contributed by atoms with van der Waals surface area (Å²) in [5.41, 5.74) is 1.51. The Balaban J connectivity index is 2.13. The number of thiophene rings is 1. The van der Waals surface area contributed by atoms with E-state index in [-0.39, 0.29) is 5.56 Å². The molecule has 0 atom stereocenters. The summed E-state index contributed by atoms with van der Waals surface area (Å²) in [5.74, 6) is -0.985. The SMILES string of the molecule is CN(Cc1cccs1)c1c(C(=O)O)cnc2c1cnn2C. The molecule has 1 N–H and O–H groups in total. The first-order valence-corrected chi connectivity index (χ1v) is 7.23. The summed E-state index contributed by atoms with van der Waals surface area (Å²) < 4.78 is 1.64. The lowest BCUT2D eigenvalue weighted by Gasteiger charge is -2.21. The van der Waals surface area contributed by atoms with Gasteiger partial charge in [-0.15, -0.1) is 11.3 Å². The minimum atomic E-state index is -0.985. The minimum Gasteiger partial charge on any atom is -0.478 e. The number of nitrogens with zero attached hydrogens (tertiary/aromatic N) is 4. The maximum absolute atomic E-state index is 11.5. The van der Waals surface area contributed by atoms with Gasteiger partial charge in [-0.25, -0.2) is 9.78 Å². The maximum atomic E-state index is 11.5. The average Bonchev–Trinajstić information content (AvgIpc) is 3.08. The smallest absolute Gasteiger partial charge is 0.339 e. The lowest BCUT2D eigenvalue weighted by Crippen LogP contribution is -2.19. The number of aryl methyl sites for hydroxylation is 1. The van der Waals surface area contributed by atoms with Crippen LogP contribution in [0.4, 0.5) is 5.69 Å². The Morgan fingerprint density at radius 2 is 2.29 bits per heavy atom. The standard InChI is InChI=1S/C14H14N4O2S/c1-17(8-9-4-3-5-21-9)12-10-7-16-18(2)13(10)15-6-11(12)14(19)20/h3-7H,8H2,1-2H3,(H,19,20).